The molecule has 1 N–H and O–H groups in total. The highest BCUT2D eigenvalue weighted by Crippen LogP contribution is 2.20. The molecule has 1 aliphatic heterocycles. The van der Waals surface area contributed by atoms with Crippen LogP contribution in [0.25, 0.3) is 0 Å². The molecule has 0 aliphatic carbocycles. The van der Waals surface area contributed by atoms with Crippen molar-refractivity contribution in [3.05, 3.63) is 60.4 Å². The fourth-order valence-corrected chi connectivity index (χ4v) is 5.61. The summed E-state index contributed by atoms with van der Waals surface area (Å²) < 4.78 is 33.9. The van der Waals surface area contributed by atoms with Gasteiger partial charge in [-0.1, -0.05) is 36.4 Å². The van der Waals surface area contributed by atoms with Crippen LogP contribution in [-0.4, -0.2) is 53.3 Å². The average Bonchev–Trinajstić information content (AvgIpc) is 3.38. The average molecular weight is 477 g/mol. The molecule has 2 heterocycles. The van der Waals surface area contributed by atoms with Crippen LogP contribution in [0, 0.1) is 0 Å². The van der Waals surface area contributed by atoms with Crippen LogP contribution in [0.2, 0.25) is 0 Å². The van der Waals surface area contributed by atoms with Crippen molar-refractivity contribution in [3.8, 4) is 0 Å². The first-order valence-electron chi connectivity index (χ1n) is 10.9. The van der Waals surface area contributed by atoms with Gasteiger partial charge >= 0.3 is 0 Å². The molecule has 174 valence electrons. The molecule has 3 rings (SSSR count). The monoisotopic (exact) mass is 476 g/mol. The molecule has 1 aliphatic rings. The van der Waals surface area contributed by atoms with E-state index in [0.717, 1.165) is 30.7 Å². The zero-order chi connectivity index (χ0) is 23.1. The second kappa shape index (κ2) is 11.1. The van der Waals surface area contributed by atoms with E-state index in [1.807, 2.05) is 36.9 Å². The maximum atomic E-state index is 13.2. The van der Waals surface area contributed by atoms with Crippen LogP contribution in [0.1, 0.15) is 37.9 Å². The summed E-state index contributed by atoms with van der Waals surface area (Å²) in [6.07, 6.45) is 5.45. The molecule has 0 spiro atoms. The van der Waals surface area contributed by atoms with Gasteiger partial charge in [-0.3, -0.25) is 0 Å². The SMILES string of the molecule is C=CCn1c(CN(C[C@H]2CCCO2)C(=S)NC(C)C)cnc1S(=O)(=O)Cc1ccccc1. The lowest BCUT2D eigenvalue weighted by Crippen LogP contribution is -2.45. The topological polar surface area (TPSA) is 76.5 Å². The normalized spacial score (nSPS) is 16.3. The molecule has 32 heavy (non-hydrogen) atoms. The first-order chi connectivity index (χ1) is 15.3. The van der Waals surface area contributed by atoms with Crippen molar-refractivity contribution < 1.29 is 13.2 Å². The number of nitrogens with zero attached hydrogens (tertiary/aromatic N) is 3. The maximum absolute atomic E-state index is 13.2. The summed E-state index contributed by atoms with van der Waals surface area (Å²) in [5.41, 5.74) is 1.49. The van der Waals surface area contributed by atoms with Gasteiger partial charge in [0.05, 0.1) is 30.3 Å². The van der Waals surface area contributed by atoms with Gasteiger partial charge < -0.3 is 19.5 Å². The minimum absolute atomic E-state index is 0.0519. The lowest BCUT2D eigenvalue weighted by atomic mass is 10.2. The number of sulfone groups is 1. The van der Waals surface area contributed by atoms with E-state index in [-0.39, 0.29) is 23.1 Å². The van der Waals surface area contributed by atoms with E-state index < -0.39 is 9.84 Å². The summed E-state index contributed by atoms with van der Waals surface area (Å²) in [7, 11) is -3.63. The molecule has 9 heteroatoms. The highest BCUT2D eigenvalue weighted by atomic mass is 32.2. The number of rotatable bonds is 10. The Kier molecular flexibility index (Phi) is 8.44. The Morgan fingerprint density at radius 3 is 2.78 bits per heavy atom. The van der Waals surface area contributed by atoms with Gasteiger partial charge in [0.25, 0.3) is 0 Å². The van der Waals surface area contributed by atoms with Gasteiger partial charge in [0.1, 0.15) is 0 Å². The van der Waals surface area contributed by atoms with Crippen molar-refractivity contribution in [2.24, 2.45) is 0 Å². The van der Waals surface area contributed by atoms with Crippen LogP contribution in [0.4, 0.5) is 0 Å². The number of imidazole rings is 1. The van der Waals surface area contributed by atoms with Gasteiger partial charge in [-0.15, -0.1) is 6.58 Å². The van der Waals surface area contributed by atoms with Crippen molar-refractivity contribution in [3.63, 3.8) is 0 Å². The third-order valence-corrected chi connectivity index (χ3v) is 7.16. The first kappa shape index (κ1) is 24.4. The van der Waals surface area contributed by atoms with Crippen molar-refractivity contribution in [1.29, 1.82) is 0 Å². The summed E-state index contributed by atoms with van der Waals surface area (Å²) in [6.45, 7) is 10.1. The van der Waals surface area contributed by atoms with E-state index in [4.69, 9.17) is 17.0 Å². The Hall–Kier alpha value is -2.23. The van der Waals surface area contributed by atoms with Gasteiger partial charge in [0.2, 0.25) is 15.0 Å². The van der Waals surface area contributed by atoms with E-state index in [0.29, 0.717) is 24.7 Å². The predicted octanol–water partition coefficient (Wildman–Crippen LogP) is 3.31. The van der Waals surface area contributed by atoms with Crippen LogP contribution in [-0.2, 0) is 33.4 Å². The third-order valence-electron chi connectivity index (χ3n) is 5.19. The fourth-order valence-electron chi connectivity index (χ4n) is 3.74. The Morgan fingerprint density at radius 2 is 2.16 bits per heavy atom. The highest BCUT2D eigenvalue weighted by Gasteiger charge is 2.26. The van der Waals surface area contributed by atoms with Crippen LogP contribution in [0.3, 0.4) is 0 Å². The number of ether oxygens (including phenoxy) is 1. The Morgan fingerprint density at radius 1 is 1.41 bits per heavy atom. The van der Waals surface area contributed by atoms with E-state index in [1.165, 1.54) is 0 Å². The van der Waals surface area contributed by atoms with Crippen LogP contribution >= 0.6 is 12.2 Å². The zero-order valence-corrected chi connectivity index (χ0v) is 20.4. The summed E-state index contributed by atoms with van der Waals surface area (Å²) >= 11 is 5.65. The van der Waals surface area contributed by atoms with E-state index >= 15 is 0 Å². The molecule has 2 aromatic rings. The molecule has 0 unspecified atom stereocenters. The molecule has 0 amide bonds. The summed E-state index contributed by atoms with van der Waals surface area (Å²) in [5.74, 6) is -0.103. The Balaban J connectivity index is 1.87. The first-order valence-corrected chi connectivity index (χ1v) is 12.9. The molecule has 0 bridgehead atoms. The molecule has 0 saturated carbocycles. The lowest BCUT2D eigenvalue weighted by Gasteiger charge is -2.29. The quantitative estimate of drug-likeness (QED) is 0.416. The largest absolute Gasteiger partial charge is 0.376 e. The third kappa shape index (κ3) is 6.40. The Bertz CT molecular complexity index is 1010. The number of thiocarbonyl (C=S) groups is 1. The Labute approximate surface area is 196 Å². The van der Waals surface area contributed by atoms with Crippen LogP contribution < -0.4 is 5.32 Å². The summed E-state index contributed by atoms with van der Waals surface area (Å²) in [4.78, 5) is 6.35. The molecule has 1 atom stereocenters. The maximum Gasteiger partial charge on any atom is 0.228 e. The fraction of sp³-hybridized carbons (Fsp3) is 0.478. The lowest BCUT2D eigenvalue weighted by molar-refractivity contribution is 0.0891. The molecule has 7 nitrogen and oxygen atoms in total. The second-order valence-electron chi connectivity index (χ2n) is 8.30. The van der Waals surface area contributed by atoms with E-state index in [1.54, 1.807) is 29.0 Å². The number of hydrogen-bond donors (Lipinski definition) is 1. The van der Waals surface area contributed by atoms with E-state index in [2.05, 4.69) is 16.9 Å². The van der Waals surface area contributed by atoms with Gasteiger partial charge in [-0.05, 0) is 44.5 Å². The number of nitrogens with one attached hydrogen (secondary N) is 1. The number of benzene rings is 1. The van der Waals surface area contributed by atoms with E-state index in [9.17, 15) is 8.42 Å². The molecule has 1 fully saturated rings. The smallest absolute Gasteiger partial charge is 0.228 e. The van der Waals surface area contributed by atoms with Crippen molar-refractivity contribution in [2.45, 2.75) is 62.8 Å². The summed E-state index contributed by atoms with van der Waals surface area (Å²) in [5, 5.41) is 3.96. The number of allylic oxidation sites excluding steroid dienone is 1. The minimum Gasteiger partial charge on any atom is -0.376 e. The molecule has 1 saturated heterocycles. The molecular weight excluding hydrogens is 444 g/mol. The molecular formula is C23H32N4O3S2. The highest BCUT2D eigenvalue weighted by molar-refractivity contribution is 7.90. The molecule has 1 aromatic heterocycles. The molecule has 0 radical (unpaired) electrons. The molecule has 1 aromatic carbocycles. The van der Waals surface area contributed by atoms with Crippen LogP contribution in [0.5, 0.6) is 0 Å². The van der Waals surface area contributed by atoms with Crippen LogP contribution in [0.15, 0.2) is 54.3 Å². The second-order valence-corrected chi connectivity index (χ2v) is 10.6. The van der Waals surface area contributed by atoms with Crippen molar-refractivity contribution in [1.82, 2.24) is 19.8 Å². The number of aromatic nitrogens is 2. The van der Waals surface area contributed by atoms with Gasteiger partial charge in [0.15, 0.2) is 5.11 Å². The zero-order valence-electron chi connectivity index (χ0n) is 18.7. The van der Waals surface area contributed by atoms with Gasteiger partial charge in [0, 0.05) is 25.7 Å². The predicted molar refractivity (Wildman–Crippen MR) is 130 cm³/mol. The minimum atomic E-state index is -3.63. The van der Waals surface area contributed by atoms with Crippen molar-refractivity contribution in [2.75, 3.05) is 13.2 Å². The standard InChI is InChI=1S/C23H32N4O3S2/c1-4-12-27-20(14-24-23(27)32(28,29)17-19-9-6-5-7-10-19)15-26(22(31)25-18(2)3)16-21-11-8-13-30-21/h4-7,9-10,14,18,21H,1,8,11-13,15-17H2,2-3H3,(H,25,31)/t21-/m1/s1. The van der Waals surface area contributed by atoms with Crippen molar-refractivity contribution >= 4 is 27.2 Å². The van der Waals surface area contributed by atoms with Gasteiger partial charge in [-0.25, -0.2) is 13.4 Å². The van der Waals surface area contributed by atoms with Gasteiger partial charge in [-0.2, -0.15) is 0 Å². The number of hydrogen-bond acceptors (Lipinski definition) is 5. The summed E-state index contributed by atoms with van der Waals surface area (Å²) in [6, 6.07) is 9.33.